The molecule has 0 bridgehead atoms. The zero-order valence-electron chi connectivity index (χ0n) is 11.5. The van der Waals surface area contributed by atoms with E-state index in [1.54, 1.807) is 6.20 Å². The molecule has 0 atom stereocenters. The topological polar surface area (TPSA) is 39.8 Å². The van der Waals surface area contributed by atoms with E-state index in [1.165, 1.54) is 5.69 Å². The highest BCUT2D eigenvalue weighted by Gasteiger charge is 2.32. The number of Topliss-reactive ketones (excluding diaryl/α,β-unsaturated/α-hetero) is 1. The Hall–Kier alpha value is -1.84. The SMILES string of the molecule is CC1(C)CC(=O)c2ccn(CCn3cccn3)c2C1. The first-order valence-electron chi connectivity index (χ1n) is 6.74. The molecule has 0 saturated heterocycles. The Balaban J connectivity index is 1.82. The zero-order chi connectivity index (χ0) is 13.5. The van der Waals surface area contributed by atoms with Gasteiger partial charge in [-0.1, -0.05) is 13.8 Å². The normalized spacial score (nSPS) is 17.5. The fraction of sp³-hybridized carbons (Fsp3) is 0.467. The van der Waals surface area contributed by atoms with Crippen molar-refractivity contribution in [1.82, 2.24) is 14.3 Å². The molecule has 0 N–H and O–H groups in total. The van der Waals surface area contributed by atoms with Crippen LogP contribution in [0.5, 0.6) is 0 Å². The highest BCUT2D eigenvalue weighted by atomic mass is 16.1. The number of ketones is 1. The Morgan fingerprint density at radius 2 is 2.11 bits per heavy atom. The number of hydrogen-bond donors (Lipinski definition) is 0. The molecule has 0 spiro atoms. The Kier molecular flexibility index (Phi) is 2.81. The first-order valence-corrected chi connectivity index (χ1v) is 6.74. The molecule has 0 aliphatic heterocycles. The Morgan fingerprint density at radius 3 is 2.84 bits per heavy atom. The van der Waals surface area contributed by atoms with Gasteiger partial charge in [0.1, 0.15) is 0 Å². The minimum atomic E-state index is 0.0753. The molecular weight excluding hydrogens is 238 g/mol. The first kappa shape index (κ1) is 12.2. The second kappa shape index (κ2) is 4.37. The van der Waals surface area contributed by atoms with E-state index in [1.807, 2.05) is 29.2 Å². The summed E-state index contributed by atoms with van der Waals surface area (Å²) >= 11 is 0. The molecule has 0 fully saturated rings. The summed E-state index contributed by atoms with van der Waals surface area (Å²) in [5.74, 6) is 0.282. The lowest BCUT2D eigenvalue weighted by atomic mass is 9.76. The average molecular weight is 257 g/mol. The van der Waals surface area contributed by atoms with Gasteiger partial charge in [-0.3, -0.25) is 9.48 Å². The minimum absolute atomic E-state index is 0.0753. The van der Waals surface area contributed by atoms with Crippen molar-refractivity contribution >= 4 is 5.78 Å². The van der Waals surface area contributed by atoms with E-state index in [-0.39, 0.29) is 11.2 Å². The molecule has 0 unspecified atom stereocenters. The standard InChI is InChI=1S/C15H19N3O/c1-15(2)10-13-12(14(19)11-15)4-7-17(13)8-9-18-6-3-5-16-18/h3-7H,8-11H2,1-2H3. The first-order chi connectivity index (χ1) is 9.05. The van der Waals surface area contributed by atoms with Gasteiger partial charge in [0.05, 0.1) is 6.54 Å². The number of carbonyl (C=O) groups is 1. The summed E-state index contributed by atoms with van der Waals surface area (Å²) in [7, 11) is 0. The van der Waals surface area contributed by atoms with Crippen LogP contribution in [0.15, 0.2) is 30.7 Å². The predicted molar refractivity (Wildman–Crippen MR) is 73.1 cm³/mol. The van der Waals surface area contributed by atoms with Gasteiger partial charge in [0, 0.05) is 42.8 Å². The number of nitrogens with zero attached hydrogens (tertiary/aromatic N) is 3. The fourth-order valence-corrected chi connectivity index (χ4v) is 2.85. The van der Waals surface area contributed by atoms with E-state index in [2.05, 4.69) is 23.5 Å². The molecule has 0 aromatic carbocycles. The van der Waals surface area contributed by atoms with Gasteiger partial charge >= 0.3 is 0 Å². The maximum atomic E-state index is 12.1. The summed E-state index contributed by atoms with van der Waals surface area (Å²) in [5, 5.41) is 4.21. The summed E-state index contributed by atoms with van der Waals surface area (Å²) in [5.41, 5.74) is 2.18. The van der Waals surface area contributed by atoms with Gasteiger partial charge in [0.25, 0.3) is 0 Å². The Morgan fingerprint density at radius 1 is 1.26 bits per heavy atom. The van der Waals surface area contributed by atoms with Crippen molar-refractivity contribution in [3.8, 4) is 0 Å². The molecular formula is C15H19N3O. The van der Waals surface area contributed by atoms with Crippen molar-refractivity contribution < 1.29 is 4.79 Å². The minimum Gasteiger partial charge on any atom is -0.349 e. The van der Waals surface area contributed by atoms with Crippen LogP contribution in [0, 0.1) is 5.41 Å². The summed E-state index contributed by atoms with van der Waals surface area (Å²) in [6.07, 6.45) is 7.42. The van der Waals surface area contributed by atoms with Gasteiger partial charge < -0.3 is 4.57 Å². The van der Waals surface area contributed by atoms with Gasteiger partial charge in [-0.05, 0) is 24.0 Å². The summed E-state index contributed by atoms with van der Waals surface area (Å²) in [6.45, 7) is 6.03. The lowest BCUT2D eigenvalue weighted by Crippen LogP contribution is -2.28. The molecule has 0 amide bonds. The molecule has 3 rings (SSSR count). The summed E-state index contributed by atoms with van der Waals surface area (Å²) in [6, 6.07) is 3.90. The zero-order valence-corrected chi connectivity index (χ0v) is 11.5. The monoisotopic (exact) mass is 257 g/mol. The molecule has 0 saturated carbocycles. The summed E-state index contributed by atoms with van der Waals surface area (Å²) in [4.78, 5) is 12.1. The quantitative estimate of drug-likeness (QED) is 0.847. The van der Waals surface area contributed by atoms with Crippen molar-refractivity contribution in [2.45, 2.75) is 39.8 Å². The van der Waals surface area contributed by atoms with Crippen molar-refractivity contribution in [2.75, 3.05) is 0 Å². The van der Waals surface area contributed by atoms with Gasteiger partial charge in [0.15, 0.2) is 5.78 Å². The van der Waals surface area contributed by atoms with Crippen molar-refractivity contribution in [1.29, 1.82) is 0 Å². The molecule has 2 aromatic heterocycles. The number of carbonyl (C=O) groups excluding carboxylic acids is 1. The van der Waals surface area contributed by atoms with E-state index in [0.717, 1.165) is 25.1 Å². The van der Waals surface area contributed by atoms with Gasteiger partial charge in [-0.15, -0.1) is 0 Å². The molecule has 2 heterocycles. The molecule has 4 nitrogen and oxygen atoms in total. The van der Waals surface area contributed by atoms with Crippen LogP contribution in [0.1, 0.15) is 36.3 Å². The Bertz CT molecular complexity index is 593. The van der Waals surface area contributed by atoms with Crippen LogP contribution in [0.2, 0.25) is 0 Å². The number of aryl methyl sites for hydroxylation is 2. The average Bonchev–Trinajstić information content (AvgIpc) is 2.93. The van der Waals surface area contributed by atoms with Crippen LogP contribution in [0.25, 0.3) is 0 Å². The predicted octanol–water partition coefficient (Wildman–Crippen LogP) is 2.54. The van der Waals surface area contributed by atoms with E-state index >= 15 is 0 Å². The van der Waals surface area contributed by atoms with Crippen LogP contribution < -0.4 is 0 Å². The lowest BCUT2D eigenvalue weighted by Gasteiger charge is -2.29. The second-order valence-electron chi connectivity index (χ2n) is 6.08. The maximum Gasteiger partial charge on any atom is 0.165 e. The number of rotatable bonds is 3. The molecule has 0 radical (unpaired) electrons. The van der Waals surface area contributed by atoms with Crippen LogP contribution in [0.3, 0.4) is 0 Å². The highest BCUT2D eigenvalue weighted by Crippen LogP contribution is 2.35. The van der Waals surface area contributed by atoms with Crippen LogP contribution in [0.4, 0.5) is 0 Å². The smallest absolute Gasteiger partial charge is 0.165 e. The summed E-state index contributed by atoms with van der Waals surface area (Å²) < 4.78 is 4.12. The van der Waals surface area contributed by atoms with Crippen LogP contribution >= 0.6 is 0 Å². The second-order valence-corrected chi connectivity index (χ2v) is 6.08. The number of hydrogen-bond acceptors (Lipinski definition) is 2. The maximum absolute atomic E-state index is 12.1. The van der Waals surface area contributed by atoms with E-state index in [0.29, 0.717) is 6.42 Å². The van der Waals surface area contributed by atoms with E-state index in [9.17, 15) is 4.79 Å². The molecule has 4 heteroatoms. The van der Waals surface area contributed by atoms with Crippen LogP contribution in [-0.4, -0.2) is 20.1 Å². The molecule has 1 aliphatic rings. The van der Waals surface area contributed by atoms with E-state index in [4.69, 9.17) is 0 Å². The molecule has 100 valence electrons. The molecule has 19 heavy (non-hydrogen) atoms. The van der Waals surface area contributed by atoms with Gasteiger partial charge in [0.2, 0.25) is 0 Å². The number of fused-ring (bicyclic) bond motifs is 1. The fourth-order valence-electron chi connectivity index (χ4n) is 2.85. The third-order valence-electron chi connectivity index (χ3n) is 3.79. The third-order valence-corrected chi connectivity index (χ3v) is 3.79. The Labute approximate surface area is 113 Å². The molecule has 1 aliphatic carbocycles. The van der Waals surface area contributed by atoms with Crippen molar-refractivity contribution in [2.24, 2.45) is 5.41 Å². The third kappa shape index (κ3) is 2.35. The molecule has 2 aromatic rings. The van der Waals surface area contributed by atoms with E-state index < -0.39 is 0 Å². The van der Waals surface area contributed by atoms with Gasteiger partial charge in [-0.2, -0.15) is 5.10 Å². The van der Waals surface area contributed by atoms with Crippen molar-refractivity contribution in [3.63, 3.8) is 0 Å². The highest BCUT2D eigenvalue weighted by molar-refractivity contribution is 5.98. The van der Waals surface area contributed by atoms with Crippen LogP contribution in [-0.2, 0) is 19.5 Å². The lowest BCUT2D eigenvalue weighted by molar-refractivity contribution is 0.0910. The van der Waals surface area contributed by atoms with Crippen molar-refractivity contribution in [3.05, 3.63) is 42.0 Å². The van der Waals surface area contributed by atoms with Gasteiger partial charge in [-0.25, -0.2) is 0 Å². The number of aromatic nitrogens is 3. The largest absolute Gasteiger partial charge is 0.349 e.